The number of hydrogen-bond acceptors (Lipinski definition) is 4. The van der Waals surface area contributed by atoms with Crippen LogP contribution >= 0.6 is 0 Å². The summed E-state index contributed by atoms with van der Waals surface area (Å²) >= 11 is 0. The Morgan fingerprint density at radius 1 is 1.32 bits per heavy atom. The van der Waals surface area contributed by atoms with E-state index < -0.39 is 0 Å². The monoisotopic (exact) mass is 307 g/mol. The van der Waals surface area contributed by atoms with Crippen LogP contribution in [-0.2, 0) is 4.84 Å². The molecule has 0 saturated carbocycles. The van der Waals surface area contributed by atoms with Crippen LogP contribution < -0.4 is 15.1 Å². The summed E-state index contributed by atoms with van der Waals surface area (Å²) in [4.78, 5) is 18.6. The van der Waals surface area contributed by atoms with Crippen LogP contribution in [0.4, 0.5) is 10.5 Å². The third-order valence-electron chi connectivity index (χ3n) is 4.00. The third kappa shape index (κ3) is 3.27. The van der Waals surface area contributed by atoms with E-state index >= 15 is 0 Å². The van der Waals surface area contributed by atoms with E-state index in [1.54, 1.807) is 17.1 Å². The second-order valence-corrected chi connectivity index (χ2v) is 5.56. The van der Waals surface area contributed by atoms with Gasteiger partial charge in [-0.3, -0.25) is 9.90 Å². The molecule has 1 N–H and O–H groups in total. The summed E-state index contributed by atoms with van der Waals surface area (Å²) in [6.45, 7) is 8.65. The fraction of sp³-hybridized carbons (Fsp3) is 0.562. The van der Waals surface area contributed by atoms with Crippen LogP contribution in [0.5, 0.6) is 5.75 Å². The van der Waals surface area contributed by atoms with Crippen LogP contribution in [0.2, 0.25) is 0 Å². The molecule has 2 rings (SSSR count). The summed E-state index contributed by atoms with van der Waals surface area (Å²) in [5, 5.41) is 4.53. The molecule has 0 radical (unpaired) electrons. The maximum Gasteiger partial charge on any atom is 0.317 e. The van der Waals surface area contributed by atoms with Gasteiger partial charge in [-0.1, -0.05) is 6.07 Å². The molecule has 6 nitrogen and oxygen atoms in total. The number of carbonyl (C=O) groups excluding carboxylic acids is 1. The molecule has 0 aromatic heterocycles. The van der Waals surface area contributed by atoms with Crippen LogP contribution in [0.15, 0.2) is 6.07 Å². The number of carbonyl (C=O) groups is 1. The molecule has 0 atom stereocenters. The molecule has 6 heteroatoms. The van der Waals surface area contributed by atoms with E-state index in [-0.39, 0.29) is 6.03 Å². The average molecular weight is 307 g/mol. The molecule has 22 heavy (non-hydrogen) atoms. The molecule has 1 heterocycles. The summed E-state index contributed by atoms with van der Waals surface area (Å²) in [5.74, 6) is 0.865. The zero-order valence-corrected chi connectivity index (χ0v) is 14.0. The molecule has 122 valence electrons. The quantitative estimate of drug-likeness (QED) is 0.817. The van der Waals surface area contributed by atoms with Crippen LogP contribution in [0, 0.1) is 20.8 Å². The van der Waals surface area contributed by atoms with Gasteiger partial charge in [0.2, 0.25) is 0 Å². The molecule has 0 unspecified atom stereocenters. The number of nitrogens with zero attached hydrogens (tertiary/aromatic N) is 2. The molecule has 1 aliphatic heterocycles. The van der Waals surface area contributed by atoms with Gasteiger partial charge in [0.15, 0.2) is 0 Å². The van der Waals surface area contributed by atoms with Gasteiger partial charge in [0.1, 0.15) is 12.4 Å². The number of nitrogens with one attached hydrogen (secondary N) is 1. The van der Waals surface area contributed by atoms with Gasteiger partial charge in [-0.25, -0.2) is 4.79 Å². The SMILES string of the molecule is CON(C)c1c(C)cc(C)c(OCCN2CCNC2=O)c1C. The molecule has 0 spiro atoms. The summed E-state index contributed by atoms with van der Waals surface area (Å²) in [6, 6.07) is 2.08. The summed E-state index contributed by atoms with van der Waals surface area (Å²) < 4.78 is 5.96. The van der Waals surface area contributed by atoms with Crippen molar-refractivity contribution >= 4 is 11.7 Å². The van der Waals surface area contributed by atoms with Gasteiger partial charge in [0.25, 0.3) is 0 Å². The van der Waals surface area contributed by atoms with Gasteiger partial charge >= 0.3 is 6.03 Å². The van der Waals surface area contributed by atoms with E-state index in [4.69, 9.17) is 9.57 Å². The fourth-order valence-corrected chi connectivity index (χ4v) is 2.94. The van der Waals surface area contributed by atoms with E-state index in [9.17, 15) is 4.79 Å². The van der Waals surface area contributed by atoms with Gasteiger partial charge in [0.05, 0.1) is 19.3 Å². The number of urea groups is 1. The molecule has 1 saturated heterocycles. The van der Waals surface area contributed by atoms with E-state index in [2.05, 4.69) is 18.3 Å². The minimum absolute atomic E-state index is 0.0132. The van der Waals surface area contributed by atoms with E-state index in [0.29, 0.717) is 19.7 Å². The van der Waals surface area contributed by atoms with Gasteiger partial charge < -0.3 is 15.0 Å². The molecular formula is C16H25N3O3. The van der Waals surface area contributed by atoms with Crippen LogP contribution in [0.3, 0.4) is 0 Å². The smallest absolute Gasteiger partial charge is 0.317 e. The highest BCUT2D eigenvalue weighted by molar-refractivity contribution is 5.76. The number of rotatable bonds is 6. The van der Waals surface area contributed by atoms with Crippen molar-refractivity contribution in [1.29, 1.82) is 0 Å². The maximum absolute atomic E-state index is 11.5. The largest absolute Gasteiger partial charge is 0.491 e. The lowest BCUT2D eigenvalue weighted by Crippen LogP contribution is -2.32. The van der Waals surface area contributed by atoms with E-state index in [0.717, 1.165) is 34.7 Å². The van der Waals surface area contributed by atoms with Crippen LogP contribution in [0.1, 0.15) is 16.7 Å². The van der Waals surface area contributed by atoms with Crippen LogP contribution in [0.25, 0.3) is 0 Å². The van der Waals surface area contributed by atoms with E-state index in [1.807, 2.05) is 20.9 Å². The first-order valence-electron chi connectivity index (χ1n) is 7.50. The van der Waals surface area contributed by atoms with Gasteiger partial charge in [0, 0.05) is 25.7 Å². The number of ether oxygens (including phenoxy) is 1. The van der Waals surface area contributed by atoms with Crippen molar-refractivity contribution in [2.45, 2.75) is 20.8 Å². The van der Waals surface area contributed by atoms with E-state index in [1.165, 1.54) is 0 Å². The first kappa shape index (κ1) is 16.4. The Hall–Kier alpha value is -1.95. The first-order valence-corrected chi connectivity index (χ1v) is 7.50. The Morgan fingerprint density at radius 2 is 2.05 bits per heavy atom. The Morgan fingerprint density at radius 3 is 2.64 bits per heavy atom. The molecular weight excluding hydrogens is 282 g/mol. The topological polar surface area (TPSA) is 54.0 Å². The lowest BCUT2D eigenvalue weighted by atomic mass is 10.0. The van der Waals surface area contributed by atoms with Crippen molar-refractivity contribution in [2.75, 3.05) is 45.5 Å². The zero-order valence-electron chi connectivity index (χ0n) is 14.0. The molecule has 1 aromatic carbocycles. The Balaban J connectivity index is 2.11. The molecule has 1 aromatic rings. The second kappa shape index (κ2) is 6.87. The Kier molecular flexibility index (Phi) is 5.13. The fourth-order valence-electron chi connectivity index (χ4n) is 2.94. The number of hydrogen-bond donors (Lipinski definition) is 1. The van der Waals surface area contributed by atoms with Crippen LogP contribution in [-0.4, -0.2) is 51.3 Å². The minimum Gasteiger partial charge on any atom is -0.491 e. The van der Waals surface area contributed by atoms with Crippen molar-refractivity contribution in [3.05, 3.63) is 22.8 Å². The molecule has 0 bridgehead atoms. The third-order valence-corrected chi connectivity index (χ3v) is 4.00. The van der Waals surface area contributed by atoms with Crippen molar-refractivity contribution in [2.24, 2.45) is 0 Å². The molecule has 0 aliphatic carbocycles. The highest BCUT2D eigenvalue weighted by atomic mass is 16.7. The summed E-state index contributed by atoms with van der Waals surface area (Å²) in [7, 11) is 3.52. The Bertz CT molecular complexity index is 560. The van der Waals surface area contributed by atoms with Gasteiger partial charge in [-0.05, 0) is 31.9 Å². The minimum atomic E-state index is -0.0132. The lowest BCUT2D eigenvalue weighted by Gasteiger charge is -2.24. The number of anilines is 1. The van der Waals surface area contributed by atoms with Crippen molar-refractivity contribution in [1.82, 2.24) is 10.2 Å². The van der Waals surface area contributed by atoms with Gasteiger partial charge in [-0.2, -0.15) is 0 Å². The average Bonchev–Trinajstić information content (AvgIpc) is 2.87. The zero-order chi connectivity index (χ0) is 16.3. The normalized spacial score (nSPS) is 14.2. The highest BCUT2D eigenvalue weighted by Crippen LogP contribution is 2.34. The summed E-state index contributed by atoms with van der Waals surface area (Å²) in [5.41, 5.74) is 4.30. The number of benzene rings is 1. The summed E-state index contributed by atoms with van der Waals surface area (Å²) in [6.07, 6.45) is 0. The molecule has 1 aliphatic rings. The van der Waals surface area contributed by atoms with Gasteiger partial charge in [-0.15, -0.1) is 0 Å². The predicted octanol–water partition coefficient (Wildman–Crippen LogP) is 2.01. The molecule has 1 fully saturated rings. The number of hydroxylamine groups is 1. The highest BCUT2D eigenvalue weighted by Gasteiger charge is 2.20. The molecule has 2 amide bonds. The second-order valence-electron chi connectivity index (χ2n) is 5.56. The van der Waals surface area contributed by atoms with Crippen molar-refractivity contribution in [3.8, 4) is 5.75 Å². The lowest BCUT2D eigenvalue weighted by molar-refractivity contribution is 0.183. The predicted molar refractivity (Wildman–Crippen MR) is 86.5 cm³/mol. The van der Waals surface area contributed by atoms with Crippen molar-refractivity contribution < 1.29 is 14.4 Å². The Labute approximate surface area is 131 Å². The number of aryl methyl sites for hydroxylation is 2. The maximum atomic E-state index is 11.5. The standard InChI is InChI=1S/C16H25N3O3/c1-11-10-12(2)15(13(3)14(11)18(4)21-5)22-9-8-19-7-6-17-16(19)20/h10H,6-9H2,1-5H3,(H,17,20). The van der Waals surface area contributed by atoms with Crippen molar-refractivity contribution in [3.63, 3.8) is 0 Å². The first-order chi connectivity index (χ1) is 10.5. The number of amides is 2.